The van der Waals surface area contributed by atoms with Crippen LogP contribution in [0.25, 0.3) is 0 Å². The molecule has 154 valence electrons. The lowest BCUT2D eigenvalue weighted by Crippen LogP contribution is -2.50. The number of benzene rings is 2. The molecule has 2 aromatic carbocycles. The number of hydrogen-bond donors (Lipinski definition) is 0. The summed E-state index contributed by atoms with van der Waals surface area (Å²) < 4.78 is 53.2. The number of hydrogen-bond acceptors (Lipinski definition) is 5. The molecule has 0 atom stereocenters. The van der Waals surface area contributed by atoms with E-state index in [9.17, 15) is 32.1 Å². The summed E-state index contributed by atoms with van der Waals surface area (Å²) in [7, 11) is -3.89. The average Bonchev–Trinajstić information content (AvgIpc) is 2.69. The van der Waals surface area contributed by atoms with Crippen LogP contribution in [0.1, 0.15) is 15.9 Å². The highest BCUT2D eigenvalue weighted by molar-refractivity contribution is 7.89. The molecular formula is C18H17F2N3O5S. The van der Waals surface area contributed by atoms with Gasteiger partial charge in [-0.25, -0.2) is 17.2 Å². The van der Waals surface area contributed by atoms with Crippen molar-refractivity contribution in [2.45, 2.75) is 11.8 Å². The molecule has 0 aromatic heterocycles. The van der Waals surface area contributed by atoms with Gasteiger partial charge in [-0.3, -0.25) is 14.9 Å². The van der Waals surface area contributed by atoms with Crippen LogP contribution in [0.2, 0.25) is 0 Å². The lowest BCUT2D eigenvalue weighted by atomic mass is 10.1. The van der Waals surface area contributed by atoms with E-state index in [0.29, 0.717) is 0 Å². The van der Waals surface area contributed by atoms with Gasteiger partial charge in [-0.05, 0) is 37.3 Å². The van der Waals surface area contributed by atoms with Crippen LogP contribution in [0, 0.1) is 28.7 Å². The Balaban J connectivity index is 1.72. The number of carbonyl (C=O) groups is 1. The third-order valence-electron chi connectivity index (χ3n) is 4.70. The van der Waals surface area contributed by atoms with Crippen molar-refractivity contribution in [3.63, 3.8) is 0 Å². The number of piperazine rings is 1. The Labute approximate surface area is 165 Å². The number of amides is 1. The Hall–Kier alpha value is -2.92. The second-order valence-electron chi connectivity index (χ2n) is 6.53. The molecule has 8 nitrogen and oxygen atoms in total. The van der Waals surface area contributed by atoms with Gasteiger partial charge in [-0.1, -0.05) is 0 Å². The molecule has 11 heteroatoms. The standard InChI is InChI=1S/C18H17F2N3O5S/c1-12-10-14(3-5-17(12)23(25)26)29(27,28)22-8-6-21(7-9-22)18(24)13-2-4-15(19)16(20)11-13/h2-5,10-11H,6-9H2,1H3. The van der Waals surface area contributed by atoms with Gasteiger partial charge in [0.2, 0.25) is 10.0 Å². The van der Waals surface area contributed by atoms with Crippen molar-refractivity contribution in [1.29, 1.82) is 0 Å². The van der Waals surface area contributed by atoms with Crippen molar-refractivity contribution < 1.29 is 26.9 Å². The minimum absolute atomic E-state index is 0.00772. The van der Waals surface area contributed by atoms with Crippen molar-refractivity contribution in [3.8, 4) is 0 Å². The monoisotopic (exact) mass is 425 g/mol. The minimum atomic E-state index is -3.89. The maximum absolute atomic E-state index is 13.3. The van der Waals surface area contributed by atoms with E-state index in [0.717, 1.165) is 18.2 Å². The maximum atomic E-state index is 13.3. The molecule has 0 saturated carbocycles. The zero-order valence-corrected chi connectivity index (χ0v) is 16.2. The molecule has 0 spiro atoms. The predicted octanol–water partition coefficient (Wildman–Crippen LogP) is 2.33. The Kier molecular flexibility index (Phi) is 5.62. The Morgan fingerprint density at radius 2 is 1.69 bits per heavy atom. The fraction of sp³-hybridized carbons (Fsp3) is 0.278. The van der Waals surface area contributed by atoms with Gasteiger partial charge in [0.1, 0.15) is 0 Å². The van der Waals surface area contributed by atoms with Crippen LogP contribution < -0.4 is 0 Å². The molecule has 0 N–H and O–H groups in total. The summed E-state index contributed by atoms with van der Waals surface area (Å²) in [5, 5.41) is 10.9. The SMILES string of the molecule is Cc1cc(S(=O)(=O)N2CCN(C(=O)c3ccc(F)c(F)c3)CC2)ccc1[N+](=O)[O-]. The lowest BCUT2D eigenvalue weighted by Gasteiger charge is -2.34. The molecule has 0 radical (unpaired) electrons. The van der Waals surface area contributed by atoms with Crippen molar-refractivity contribution in [3.05, 3.63) is 69.3 Å². The average molecular weight is 425 g/mol. The van der Waals surface area contributed by atoms with Crippen LogP contribution in [-0.4, -0.2) is 54.6 Å². The highest BCUT2D eigenvalue weighted by Gasteiger charge is 2.31. The highest BCUT2D eigenvalue weighted by atomic mass is 32.2. The molecule has 1 aliphatic rings. The second kappa shape index (κ2) is 7.84. The smallest absolute Gasteiger partial charge is 0.272 e. The normalized spacial score (nSPS) is 15.3. The lowest BCUT2D eigenvalue weighted by molar-refractivity contribution is -0.385. The van der Waals surface area contributed by atoms with E-state index < -0.39 is 32.5 Å². The first-order chi connectivity index (χ1) is 13.6. The predicted molar refractivity (Wildman–Crippen MR) is 98.9 cm³/mol. The zero-order valence-electron chi connectivity index (χ0n) is 15.3. The molecule has 1 amide bonds. The summed E-state index contributed by atoms with van der Waals surface area (Å²) >= 11 is 0. The fourth-order valence-corrected chi connectivity index (χ4v) is 4.59. The van der Waals surface area contributed by atoms with Gasteiger partial charge in [0, 0.05) is 43.4 Å². The highest BCUT2D eigenvalue weighted by Crippen LogP contribution is 2.25. The number of nitrogens with zero attached hydrogens (tertiary/aromatic N) is 3. The molecule has 2 aromatic rings. The molecule has 0 unspecified atom stereocenters. The molecule has 1 aliphatic heterocycles. The Bertz CT molecular complexity index is 1080. The molecule has 0 aliphatic carbocycles. The zero-order chi connectivity index (χ0) is 21.3. The van der Waals surface area contributed by atoms with E-state index in [1.165, 1.54) is 34.3 Å². The number of rotatable bonds is 4. The van der Waals surface area contributed by atoms with Gasteiger partial charge in [0.25, 0.3) is 11.6 Å². The first kappa shape index (κ1) is 20.8. The van der Waals surface area contributed by atoms with Crippen molar-refractivity contribution >= 4 is 21.6 Å². The second-order valence-corrected chi connectivity index (χ2v) is 8.47. The van der Waals surface area contributed by atoms with Crippen LogP contribution in [0.3, 0.4) is 0 Å². The summed E-state index contributed by atoms with van der Waals surface area (Å²) in [6.45, 7) is 1.61. The summed E-state index contributed by atoms with van der Waals surface area (Å²) in [6, 6.07) is 6.40. The van der Waals surface area contributed by atoms with Gasteiger partial charge in [-0.2, -0.15) is 4.31 Å². The van der Waals surface area contributed by atoms with E-state index in [4.69, 9.17) is 0 Å². The minimum Gasteiger partial charge on any atom is -0.336 e. The number of aryl methyl sites for hydroxylation is 1. The molecule has 0 bridgehead atoms. The van der Waals surface area contributed by atoms with Crippen molar-refractivity contribution in [1.82, 2.24) is 9.21 Å². The van der Waals surface area contributed by atoms with Crippen molar-refractivity contribution in [2.24, 2.45) is 0 Å². The molecule has 29 heavy (non-hydrogen) atoms. The van der Waals surface area contributed by atoms with Gasteiger partial charge in [0.05, 0.1) is 9.82 Å². The first-order valence-electron chi connectivity index (χ1n) is 8.61. The van der Waals surface area contributed by atoms with Crippen molar-refractivity contribution in [2.75, 3.05) is 26.2 Å². The third-order valence-corrected chi connectivity index (χ3v) is 6.59. The van der Waals surface area contributed by atoms with Gasteiger partial charge >= 0.3 is 0 Å². The van der Waals surface area contributed by atoms with Crippen LogP contribution in [0.15, 0.2) is 41.3 Å². The number of sulfonamides is 1. The fourth-order valence-electron chi connectivity index (χ4n) is 3.09. The number of nitro benzene ring substituents is 1. The van der Waals surface area contributed by atoms with Gasteiger partial charge in [-0.15, -0.1) is 0 Å². The van der Waals surface area contributed by atoms with Crippen LogP contribution in [0.4, 0.5) is 14.5 Å². The summed E-state index contributed by atoms with van der Waals surface area (Å²) in [5.41, 5.74) is 0.0281. The third kappa shape index (κ3) is 4.10. The van der Waals surface area contributed by atoms with E-state index in [2.05, 4.69) is 0 Å². The summed E-state index contributed by atoms with van der Waals surface area (Å²) in [5.74, 6) is -2.71. The maximum Gasteiger partial charge on any atom is 0.272 e. The number of halogens is 2. The number of carbonyl (C=O) groups excluding carboxylic acids is 1. The van der Waals surface area contributed by atoms with Gasteiger partial charge in [0.15, 0.2) is 11.6 Å². The summed E-state index contributed by atoms with van der Waals surface area (Å²) in [6.07, 6.45) is 0. The largest absolute Gasteiger partial charge is 0.336 e. The number of nitro groups is 1. The van der Waals surface area contributed by atoms with Gasteiger partial charge < -0.3 is 4.90 Å². The van der Waals surface area contributed by atoms with Crippen LogP contribution >= 0.6 is 0 Å². The topological polar surface area (TPSA) is 101 Å². The molecular weight excluding hydrogens is 408 g/mol. The van der Waals surface area contributed by atoms with E-state index >= 15 is 0 Å². The molecule has 1 fully saturated rings. The molecule has 3 rings (SSSR count). The van der Waals surface area contributed by atoms with E-state index in [1.54, 1.807) is 0 Å². The first-order valence-corrected chi connectivity index (χ1v) is 10.0. The van der Waals surface area contributed by atoms with E-state index in [1.807, 2.05) is 0 Å². The van der Waals surface area contributed by atoms with E-state index in [-0.39, 0.29) is 47.9 Å². The van der Waals surface area contributed by atoms with Crippen LogP contribution in [-0.2, 0) is 10.0 Å². The molecule has 1 saturated heterocycles. The van der Waals surface area contributed by atoms with Crippen LogP contribution in [0.5, 0.6) is 0 Å². The Morgan fingerprint density at radius 1 is 1.03 bits per heavy atom. The molecule has 1 heterocycles. The Morgan fingerprint density at radius 3 is 2.24 bits per heavy atom. The quantitative estimate of drug-likeness (QED) is 0.553. The summed E-state index contributed by atoms with van der Waals surface area (Å²) in [4.78, 5) is 24.0.